The summed E-state index contributed by atoms with van der Waals surface area (Å²) in [4.78, 5) is 105. The number of carbonyl (C=O) groups is 7. The van der Waals surface area contributed by atoms with E-state index in [4.69, 9.17) is 46.7 Å². The molecule has 1 spiro atoms. The maximum absolute atomic E-state index is 17.0. The van der Waals surface area contributed by atoms with Crippen molar-refractivity contribution in [3.05, 3.63) is 58.7 Å². The minimum atomic E-state index is -3.11. The second-order valence-electron chi connectivity index (χ2n) is 26.4. The first-order valence-electron chi connectivity index (χ1n) is 29.3. The smallest absolute Gasteiger partial charge is 0.454 e. The second kappa shape index (κ2) is 23.3. The van der Waals surface area contributed by atoms with Gasteiger partial charge in [0.05, 0.1) is 41.6 Å². The Balaban J connectivity index is 1.58. The fraction of sp³-hybridized carbons (Fsp3) is 0.721. The number of esters is 4. The molecule has 5 fully saturated rings. The summed E-state index contributed by atoms with van der Waals surface area (Å²) >= 11 is 0. The molecule has 450 valence electrons. The summed E-state index contributed by atoms with van der Waals surface area (Å²) in [7, 11) is -5.84. The van der Waals surface area contributed by atoms with E-state index < -0.39 is 147 Å². The molecule has 1 N–H and O–H groups in total. The number of ether oxygens (including phenoxy) is 8. The molecule has 81 heavy (non-hydrogen) atoms. The van der Waals surface area contributed by atoms with Crippen molar-refractivity contribution < 1.29 is 80.3 Å². The van der Waals surface area contributed by atoms with E-state index >= 15 is 14.4 Å². The zero-order chi connectivity index (χ0) is 60.3. The Labute approximate surface area is 481 Å². The molecule has 18 nitrogen and oxygen atoms in total. The van der Waals surface area contributed by atoms with Crippen LogP contribution < -0.4 is 5.32 Å². The van der Waals surface area contributed by atoms with Gasteiger partial charge in [0.2, 0.25) is 13.9 Å². The summed E-state index contributed by atoms with van der Waals surface area (Å²) < 4.78 is 67.3. The molecular formula is C61H91NO17Si2. The van der Waals surface area contributed by atoms with Crippen LogP contribution in [0.25, 0.3) is 0 Å². The summed E-state index contributed by atoms with van der Waals surface area (Å²) in [6.45, 7) is 34.9. The lowest BCUT2D eigenvalue weighted by molar-refractivity contribution is -0.344. The van der Waals surface area contributed by atoms with E-state index in [0.717, 1.165) is 5.57 Å². The van der Waals surface area contributed by atoms with Crippen LogP contribution in [-0.4, -0.2) is 131 Å². The topological polar surface area (TPSA) is 224 Å². The highest BCUT2D eigenvalue weighted by Gasteiger charge is 2.84. The van der Waals surface area contributed by atoms with Crippen molar-refractivity contribution in [2.75, 3.05) is 6.61 Å². The van der Waals surface area contributed by atoms with E-state index in [1.807, 2.05) is 13.8 Å². The number of nitrogens with one attached hydrogen (secondary N) is 1. The van der Waals surface area contributed by atoms with Crippen LogP contribution >= 0.6 is 0 Å². The van der Waals surface area contributed by atoms with Crippen LogP contribution in [0.1, 0.15) is 161 Å². The number of allylic oxidation sites excluding steroid dienone is 1. The summed E-state index contributed by atoms with van der Waals surface area (Å²) in [6.07, 6.45) is -9.79. The van der Waals surface area contributed by atoms with Crippen LogP contribution in [0.15, 0.2) is 53.1 Å². The van der Waals surface area contributed by atoms with Crippen LogP contribution in [0.4, 0.5) is 9.59 Å². The van der Waals surface area contributed by atoms with E-state index in [0.29, 0.717) is 31.0 Å². The molecule has 1 amide bonds. The van der Waals surface area contributed by atoms with Crippen molar-refractivity contribution in [3.8, 4) is 0 Å². The summed E-state index contributed by atoms with van der Waals surface area (Å²) in [5.41, 5.74) is -7.74. The number of hydrogen-bond acceptors (Lipinski definition) is 17. The van der Waals surface area contributed by atoms with Crippen molar-refractivity contribution in [1.29, 1.82) is 0 Å². The molecule has 1 aromatic rings. The van der Waals surface area contributed by atoms with Crippen LogP contribution in [-0.2, 0) is 65.9 Å². The van der Waals surface area contributed by atoms with Crippen molar-refractivity contribution in [1.82, 2.24) is 5.32 Å². The Morgan fingerprint density at radius 1 is 0.852 bits per heavy atom. The van der Waals surface area contributed by atoms with Gasteiger partial charge in [-0.1, -0.05) is 106 Å². The van der Waals surface area contributed by atoms with Gasteiger partial charge >= 0.3 is 36.1 Å². The molecule has 0 radical (unpaired) electrons. The first kappa shape index (κ1) is 63.7. The molecule has 2 heterocycles. The SMILES string of the molecule is CC[Si](CC)(CC)O[C@H]1C[C@H]2OC[C@@]2(OC(C)=O)C2C(OC(=O)c3ccccc3)[C@]34OC(=O)O[C@H]3[C@H](OC(=O)[C@H](O[Si](C(C)C)(C(C)C)C(C)C)[C@H](C=C(C)C)NC(=O)OC(C)(C)C)C(C)=C([C@@H](OC(=O)C3CC3)C(=O)[C@@]21C)C4(C)C. The lowest BCUT2D eigenvalue weighted by atomic mass is 9.44. The Morgan fingerprint density at radius 3 is 1.94 bits per heavy atom. The van der Waals surface area contributed by atoms with Crippen LogP contribution in [0.3, 0.4) is 0 Å². The molecule has 6 aliphatic rings. The lowest BCUT2D eigenvalue weighted by Gasteiger charge is -2.68. The van der Waals surface area contributed by atoms with E-state index in [2.05, 4.69) is 67.6 Å². The molecule has 2 bridgehead atoms. The normalized spacial score (nSPS) is 30.4. The first-order valence-corrected chi connectivity index (χ1v) is 34.0. The van der Waals surface area contributed by atoms with Gasteiger partial charge in [0.25, 0.3) is 0 Å². The molecule has 4 aliphatic carbocycles. The number of carbonyl (C=O) groups excluding carboxylic acids is 7. The number of Topliss-reactive ketones (excluding diaryl/α,β-unsaturated/α-hetero) is 1. The van der Waals surface area contributed by atoms with Gasteiger partial charge in [0.1, 0.15) is 11.7 Å². The highest BCUT2D eigenvalue weighted by molar-refractivity contribution is 6.77. The molecule has 2 saturated heterocycles. The standard InChI is InChI=1S/C61H91NO17Si2/c1-20-80(21-2,22-3)78-42-31-43-60(32-70-43,75-38(13)63)48-51(73-53(66)39-26-24-23-25-27-39)61-50(74-56(69)77-61)45(37(12)44(58(61,17)18)47(49(64)59(42,48)19)72-52(65)40-28-29-40)71-54(67)46(79-81(34(6)7,35(8)9)36(10)11)41(30-33(4)5)62-55(68)76-57(14,15)16/h23-27,30,34-36,40-43,45-48,50-51H,20-22,28-29,31-32H2,1-19H3,(H,62,68)/t41-,42-,43+,45+,46+,47+,48?,50-,51?,59+,60-,61+/m0/s1. The summed E-state index contributed by atoms with van der Waals surface area (Å²) in [5, 5.41) is 2.91. The minimum Gasteiger partial charge on any atom is -0.454 e. The van der Waals surface area contributed by atoms with Gasteiger partial charge < -0.3 is 52.1 Å². The largest absolute Gasteiger partial charge is 0.509 e. The quantitative estimate of drug-likeness (QED) is 0.0554. The third kappa shape index (κ3) is 11.2. The molecule has 20 heteroatoms. The molecule has 0 aromatic heterocycles. The van der Waals surface area contributed by atoms with Gasteiger partial charge in [-0.05, 0) is 119 Å². The Bertz CT molecular complexity index is 2620. The number of hydrogen-bond donors (Lipinski definition) is 1. The van der Waals surface area contributed by atoms with Crippen molar-refractivity contribution in [2.45, 2.75) is 251 Å². The molecule has 2 aliphatic heterocycles. The van der Waals surface area contributed by atoms with Crippen molar-refractivity contribution >= 4 is 58.5 Å². The van der Waals surface area contributed by atoms with Gasteiger partial charge in [-0.25, -0.2) is 19.2 Å². The first-order chi connectivity index (χ1) is 37.7. The van der Waals surface area contributed by atoms with Crippen molar-refractivity contribution in [3.63, 3.8) is 0 Å². The van der Waals surface area contributed by atoms with Crippen LogP contribution in [0, 0.1) is 22.7 Å². The predicted octanol–water partition coefficient (Wildman–Crippen LogP) is 11.2. The second-order valence-corrected chi connectivity index (χ2v) is 36.5. The van der Waals surface area contributed by atoms with E-state index in [1.165, 1.54) is 6.92 Å². The number of amides is 1. The van der Waals surface area contributed by atoms with Gasteiger partial charge in [0.15, 0.2) is 50.2 Å². The third-order valence-corrected chi connectivity index (χ3v) is 29.6. The number of alkyl carbamates (subject to hydrolysis) is 1. The van der Waals surface area contributed by atoms with E-state index in [-0.39, 0.29) is 46.4 Å². The highest BCUT2D eigenvalue weighted by atomic mass is 28.4. The average Bonchev–Trinajstić information content (AvgIpc) is 4.16. The molecule has 12 atom stereocenters. The fourth-order valence-electron chi connectivity index (χ4n) is 14.7. The molecule has 7 rings (SSSR count). The van der Waals surface area contributed by atoms with Gasteiger partial charge in [0, 0.05) is 18.8 Å². The zero-order valence-corrected chi connectivity index (χ0v) is 53.4. The van der Waals surface area contributed by atoms with Gasteiger partial charge in [-0.3, -0.25) is 14.4 Å². The lowest BCUT2D eigenvalue weighted by Crippen LogP contribution is -2.83. The molecule has 3 saturated carbocycles. The third-order valence-electron chi connectivity index (χ3n) is 18.8. The van der Waals surface area contributed by atoms with Crippen molar-refractivity contribution in [2.24, 2.45) is 22.7 Å². The summed E-state index contributed by atoms with van der Waals surface area (Å²) in [5.74, 6) is -5.91. The molecule has 2 unspecified atom stereocenters. The zero-order valence-electron chi connectivity index (χ0n) is 51.4. The molecular weight excluding hydrogens is 1070 g/mol. The predicted molar refractivity (Wildman–Crippen MR) is 305 cm³/mol. The number of fused-ring (bicyclic) bond motifs is 4. The average molecular weight is 1170 g/mol. The monoisotopic (exact) mass is 1170 g/mol. The maximum Gasteiger partial charge on any atom is 0.509 e. The minimum absolute atomic E-state index is 0.0529. The Kier molecular flexibility index (Phi) is 18.3. The van der Waals surface area contributed by atoms with Crippen LogP contribution in [0.5, 0.6) is 0 Å². The molecule has 1 aromatic carbocycles. The number of rotatable bonds is 20. The summed E-state index contributed by atoms with van der Waals surface area (Å²) in [6, 6.07) is 8.96. The number of benzene rings is 1. The Morgan fingerprint density at radius 2 is 1.44 bits per heavy atom. The number of ketones is 1. The van der Waals surface area contributed by atoms with E-state index in [1.54, 1.807) is 84.9 Å². The van der Waals surface area contributed by atoms with Gasteiger partial charge in [-0.2, -0.15) is 0 Å². The maximum atomic E-state index is 17.0. The van der Waals surface area contributed by atoms with Crippen LogP contribution in [0.2, 0.25) is 34.8 Å². The van der Waals surface area contributed by atoms with Gasteiger partial charge in [-0.15, -0.1) is 0 Å². The van der Waals surface area contributed by atoms with E-state index in [9.17, 15) is 19.2 Å². The fourth-order valence-corrected chi connectivity index (χ4v) is 23.1. The highest BCUT2D eigenvalue weighted by Crippen LogP contribution is 2.68. The Hall–Kier alpha value is -4.90.